The van der Waals surface area contributed by atoms with E-state index in [2.05, 4.69) is 10.3 Å². The van der Waals surface area contributed by atoms with Crippen LogP contribution in [0.2, 0.25) is 0 Å². The fraction of sp³-hybridized carbons (Fsp3) is 0.542. The topological polar surface area (TPSA) is 89.0 Å². The Kier molecular flexibility index (Phi) is 8.43. The van der Waals surface area contributed by atoms with Gasteiger partial charge in [-0.2, -0.15) is 0 Å². The first-order chi connectivity index (χ1) is 15.9. The number of aliphatic hydroxyl groups excluding tert-OH is 1. The number of hydrogen-bond acceptors (Lipinski definition) is 6. The Morgan fingerprint density at radius 1 is 1.33 bits per heavy atom. The molecule has 3 rings (SSSR count). The van der Waals surface area contributed by atoms with Gasteiger partial charge in [-0.1, -0.05) is 12.2 Å². The number of carbonyl (C=O) groups excluding carboxylic acids is 2. The minimum absolute atomic E-state index is 0.0992. The maximum Gasteiger partial charge on any atom is 0.260 e. The summed E-state index contributed by atoms with van der Waals surface area (Å²) in [5.74, 6) is 0.323. The van der Waals surface area contributed by atoms with E-state index in [4.69, 9.17) is 0 Å². The van der Waals surface area contributed by atoms with Crippen LogP contribution < -0.4 is 10.2 Å². The molecule has 2 N–H and O–H groups in total. The van der Waals surface area contributed by atoms with Crippen molar-refractivity contribution in [2.24, 2.45) is 0 Å². The first kappa shape index (κ1) is 24.7. The van der Waals surface area contributed by atoms with E-state index in [9.17, 15) is 14.7 Å². The van der Waals surface area contributed by atoms with E-state index in [1.807, 2.05) is 24.0 Å². The molecule has 9 heteroatoms. The van der Waals surface area contributed by atoms with Crippen LogP contribution in [-0.2, 0) is 9.59 Å². The predicted molar refractivity (Wildman–Crippen MR) is 127 cm³/mol. The molecule has 33 heavy (non-hydrogen) atoms. The van der Waals surface area contributed by atoms with Crippen LogP contribution in [0.5, 0.6) is 0 Å². The molecule has 0 unspecified atom stereocenters. The second-order valence-corrected chi connectivity index (χ2v) is 8.59. The van der Waals surface area contributed by atoms with Crippen molar-refractivity contribution in [1.29, 1.82) is 0 Å². The molecule has 8 nitrogen and oxygen atoms in total. The number of alkyl halides is 1. The van der Waals surface area contributed by atoms with Crippen molar-refractivity contribution < 1.29 is 19.1 Å². The van der Waals surface area contributed by atoms with Gasteiger partial charge in [0.05, 0.1) is 12.2 Å². The fourth-order valence-electron chi connectivity index (χ4n) is 4.51. The van der Waals surface area contributed by atoms with Crippen molar-refractivity contribution in [2.75, 3.05) is 50.0 Å². The minimum atomic E-state index is -1.88. The highest BCUT2D eigenvalue weighted by molar-refractivity contribution is 5.86. The summed E-state index contributed by atoms with van der Waals surface area (Å²) in [6.07, 6.45) is 8.98. The van der Waals surface area contributed by atoms with E-state index >= 15 is 4.39 Å². The molecule has 0 bridgehead atoms. The monoisotopic (exact) mass is 459 g/mol. The van der Waals surface area contributed by atoms with E-state index in [0.29, 0.717) is 51.4 Å². The van der Waals surface area contributed by atoms with E-state index in [1.165, 1.54) is 0 Å². The molecule has 1 aromatic heterocycles. The minimum Gasteiger partial charge on any atom is -0.511 e. The van der Waals surface area contributed by atoms with Gasteiger partial charge in [0.25, 0.3) is 5.91 Å². The number of nitrogens with zero attached hydrogens (tertiary/aromatic N) is 4. The smallest absolute Gasteiger partial charge is 0.260 e. The first-order valence-corrected chi connectivity index (χ1v) is 11.5. The van der Waals surface area contributed by atoms with Crippen LogP contribution in [-0.4, -0.2) is 83.7 Å². The van der Waals surface area contributed by atoms with Crippen LogP contribution in [0.25, 0.3) is 0 Å². The maximum atomic E-state index is 15.6. The SMILES string of the molecule is C/C=C/C=C(\O)CN1CCC(F)(C(=O)N2CCC(N(C=O)c3ncccc3NC)CC2)CC1. The molecular formula is C24H34FN5O3. The Morgan fingerprint density at radius 2 is 2.03 bits per heavy atom. The molecule has 0 radical (unpaired) electrons. The van der Waals surface area contributed by atoms with Gasteiger partial charge in [-0.25, -0.2) is 9.37 Å². The van der Waals surface area contributed by atoms with Crippen molar-refractivity contribution >= 4 is 23.8 Å². The van der Waals surface area contributed by atoms with Crippen molar-refractivity contribution in [3.05, 3.63) is 42.3 Å². The Balaban J connectivity index is 1.55. The van der Waals surface area contributed by atoms with Gasteiger partial charge in [0.2, 0.25) is 6.41 Å². The molecule has 2 aliphatic rings. The molecule has 3 heterocycles. The summed E-state index contributed by atoms with van der Waals surface area (Å²) < 4.78 is 15.6. The zero-order valence-corrected chi connectivity index (χ0v) is 19.4. The Bertz CT molecular complexity index is 875. The van der Waals surface area contributed by atoms with Crippen LogP contribution in [0.3, 0.4) is 0 Å². The highest BCUT2D eigenvalue weighted by Gasteiger charge is 2.45. The molecule has 0 atom stereocenters. The van der Waals surface area contributed by atoms with E-state index in [1.54, 1.807) is 41.3 Å². The van der Waals surface area contributed by atoms with Crippen LogP contribution in [0, 0.1) is 0 Å². The lowest BCUT2D eigenvalue weighted by atomic mass is 9.90. The molecular weight excluding hydrogens is 425 g/mol. The lowest BCUT2D eigenvalue weighted by Gasteiger charge is -2.41. The number of anilines is 2. The number of piperidine rings is 2. The number of nitrogens with one attached hydrogen (secondary N) is 1. The number of aromatic nitrogens is 1. The number of likely N-dealkylation sites (tertiary alicyclic amines) is 2. The normalized spacial score (nSPS) is 20.1. The average Bonchev–Trinajstić information content (AvgIpc) is 2.85. The van der Waals surface area contributed by atoms with Crippen LogP contribution in [0.1, 0.15) is 32.6 Å². The summed E-state index contributed by atoms with van der Waals surface area (Å²) in [7, 11) is 1.77. The van der Waals surface area contributed by atoms with Gasteiger partial charge in [0, 0.05) is 58.3 Å². The summed E-state index contributed by atoms with van der Waals surface area (Å²) in [6, 6.07) is 3.55. The zero-order valence-electron chi connectivity index (χ0n) is 19.4. The molecule has 180 valence electrons. The standard InChI is InChI=1S/C24H34FN5O3/c1-3-4-6-20(32)17-28-15-10-24(25,11-16-28)23(33)29-13-8-19(9-14-29)30(18-31)22-21(26-2)7-5-12-27-22/h3-7,12,18-19,26,32H,8-11,13-17H2,1-2H3/b4-3+,20-6-. The molecule has 2 fully saturated rings. The van der Waals surface area contributed by atoms with Crippen molar-refractivity contribution in [1.82, 2.24) is 14.8 Å². The van der Waals surface area contributed by atoms with E-state index in [-0.39, 0.29) is 24.6 Å². The third-order valence-corrected chi connectivity index (χ3v) is 6.46. The van der Waals surface area contributed by atoms with Gasteiger partial charge < -0.3 is 15.3 Å². The van der Waals surface area contributed by atoms with Crippen LogP contribution in [0.4, 0.5) is 15.9 Å². The lowest BCUT2D eigenvalue weighted by Crippen LogP contribution is -2.55. The van der Waals surface area contributed by atoms with Crippen molar-refractivity contribution in [3.8, 4) is 0 Å². The second kappa shape index (κ2) is 11.3. The van der Waals surface area contributed by atoms with Gasteiger partial charge in [0.15, 0.2) is 11.5 Å². The lowest BCUT2D eigenvalue weighted by molar-refractivity contribution is -0.148. The summed E-state index contributed by atoms with van der Waals surface area (Å²) in [5.41, 5.74) is -1.12. The number of aliphatic hydroxyl groups is 1. The molecule has 0 spiro atoms. The Labute approximate surface area is 194 Å². The third kappa shape index (κ3) is 5.90. The molecule has 0 aliphatic carbocycles. The van der Waals surface area contributed by atoms with E-state index < -0.39 is 11.6 Å². The number of amides is 2. The molecule has 1 aromatic rings. The van der Waals surface area contributed by atoms with E-state index in [0.717, 1.165) is 12.1 Å². The number of halogens is 1. The van der Waals surface area contributed by atoms with Gasteiger partial charge >= 0.3 is 0 Å². The number of allylic oxidation sites excluding steroid dienone is 3. The van der Waals surface area contributed by atoms with Gasteiger partial charge in [-0.05, 0) is 38.0 Å². The van der Waals surface area contributed by atoms with Gasteiger partial charge in [0.1, 0.15) is 5.76 Å². The predicted octanol–water partition coefficient (Wildman–Crippen LogP) is 2.90. The van der Waals surface area contributed by atoms with Gasteiger partial charge in [-0.3, -0.25) is 19.4 Å². The Morgan fingerprint density at radius 3 is 2.64 bits per heavy atom. The van der Waals surface area contributed by atoms with Gasteiger partial charge in [-0.15, -0.1) is 0 Å². The molecule has 0 saturated carbocycles. The zero-order chi connectivity index (χ0) is 23.8. The molecule has 2 saturated heterocycles. The number of hydrogen-bond donors (Lipinski definition) is 2. The summed E-state index contributed by atoms with van der Waals surface area (Å²) in [4.78, 5) is 34.4. The van der Waals surface area contributed by atoms with Crippen molar-refractivity contribution in [2.45, 2.75) is 44.3 Å². The highest BCUT2D eigenvalue weighted by atomic mass is 19.1. The number of rotatable bonds is 8. The van der Waals surface area contributed by atoms with Crippen molar-refractivity contribution in [3.63, 3.8) is 0 Å². The fourth-order valence-corrected chi connectivity index (χ4v) is 4.51. The molecule has 2 amide bonds. The number of pyridine rings is 1. The molecule has 0 aromatic carbocycles. The number of carbonyl (C=O) groups is 2. The summed E-state index contributed by atoms with van der Waals surface area (Å²) in [6.45, 7) is 3.85. The quantitative estimate of drug-likeness (QED) is 0.353. The molecule has 2 aliphatic heterocycles. The summed E-state index contributed by atoms with van der Waals surface area (Å²) >= 11 is 0. The highest BCUT2D eigenvalue weighted by Crippen LogP contribution is 2.32. The second-order valence-electron chi connectivity index (χ2n) is 8.59. The Hall–Kier alpha value is -2.94. The summed E-state index contributed by atoms with van der Waals surface area (Å²) in [5, 5.41) is 13.0. The first-order valence-electron chi connectivity index (χ1n) is 11.5. The van der Waals surface area contributed by atoms with Crippen LogP contribution >= 0.6 is 0 Å². The largest absolute Gasteiger partial charge is 0.511 e. The maximum absolute atomic E-state index is 15.6. The third-order valence-electron chi connectivity index (χ3n) is 6.46. The van der Waals surface area contributed by atoms with Crippen LogP contribution in [0.15, 0.2) is 42.3 Å². The average molecular weight is 460 g/mol.